The molecule has 0 spiro atoms. The van der Waals surface area contributed by atoms with E-state index < -0.39 is 5.60 Å². The van der Waals surface area contributed by atoms with E-state index in [1.165, 1.54) is 5.57 Å². The van der Waals surface area contributed by atoms with Crippen molar-refractivity contribution >= 4 is 6.09 Å². The van der Waals surface area contributed by atoms with Gasteiger partial charge < -0.3 is 10.1 Å². The number of carbonyl (C=O) groups is 1. The summed E-state index contributed by atoms with van der Waals surface area (Å²) in [4.78, 5) is 11.7. The molecule has 0 bridgehead atoms. The van der Waals surface area contributed by atoms with Crippen LogP contribution in [0.4, 0.5) is 4.79 Å². The quantitative estimate of drug-likeness (QED) is 0.773. The molecule has 0 aromatic rings. The predicted octanol–water partition coefficient (Wildman–Crippen LogP) is 3.42. The van der Waals surface area contributed by atoms with E-state index in [1.54, 1.807) is 0 Å². The monoisotopic (exact) mass is 249 g/mol. The van der Waals surface area contributed by atoms with Gasteiger partial charge in [0, 0.05) is 6.04 Å². The lowest BCUT2D eigenvalue weighted by Gasteiger charge is -2.21. The molecule has 0 saturated heterocycles. The SMILES string of the molecule is CC1=CC2CC(NC(=O)OC(C)(C)C)CC2C=C1. The van der Waals surface area contributed by atoms with E-state index in [-0.39, 0.29) is 12.1 Å². The van der Waals surface area contributed by atoms with Crippen molar-refractivity contribution in [1.29, 1.82) is 0 Å². The van der Waals surface area contributed by atoms with E-state index in [0.717, 1.165) is 12.8 Å². The fourth-order valence-electron chi connectivity index (χ4n) is 2.78. The molecule has 3 unspecified atom stereocenters. The van der Waals surface area contributed by atoms with Gasteiger partial charge in [-0.25, -0.2) is 4.79 Å². The van der Waals surface area contributed by atoms with Crippen molar-refractivity contribution in [1.82, 2.24) is 5.32 Å². The van der Waals surface area contributed by atoms with Gasteiger partial charge >= 0.3 is 6.09 Å². The molecule has 18 heavy (non-hydrogen) atoms. The zero-order valence-electron chi connectivity index (χ0n) is 11.7. The highest BCUT2D eigenvalue weighted by Gasteiger charge is 2.34. The molecule has 0 heterocycles. The fourth-order valence-corrected chi connectivity index (χ4v) is 2.78. The summed E-state index contributed by atoms with van der Waals surface area (Å²) in [6.45, 7) is 7.78. The minimum Gasteiger partial charge on any atom is -0.444 e. The fraction of sp³-hybridized carbons (Fsp3) is 0.667. The zero-order valence-corrected chi connectivity index (χ0v) is 11.7. The van der Waals surface area contributed by atoms with Gasteiger partial charge in [-0.1, -0.05) is 23.8 Å². The average molecular weight is 249 g/mol. The maximum atomic E-state index is 11.7. The molecule has 1 fully saturated rings. The van der Waals surface area contributed by atoms with E-state index >= 15 is 0 Å². The summed E-state index contributed by atoms with van der Waals surface area (Å²) in [6.07, 6.45) is 8.51. The van der Waals surface area contributed by atoms with Gasteiger partial charge in [0.25, 0.3) is 0 Å². The van der Waals surface area contributed by atoms with Gasteiger partial charge in [-0.3, -0.25) is 0 Å². The first kappa shape index (κ1) is 13.2. The molecule has 3 atom stereocenters. The van der Waals surface area contributed by atoms with Crippen LogP contribution in [0.1, 0.15) is 40.5 Å². The van der Waals surface area contributed by atoms with E-state index in [2.05, 4.69) is 30.5 Å². The lowest BCUT2D eigenvalue weighted by Crippen LogP contribution is -2.38. The average Bonchev–Trinajstić information content (AvgIpc) is 2.55. The lowest BCUT2D eigenvalue weighted by molar-refractivity contribution is 0.0504. The summed E-state index contributed by atoms with van der Waals surface area (Å²) in [7, 11) is 0. The van der Waals surface area contributed by atoms with Crippen LogP contribution < -0.4 is 5.32 Å². The molecule has 0 aromatic heterocycles. The van der Waals surface area contributed by atoms with Crippen LogP contribution in [0.3, 0.4) is 0 Å². The van der Waals surface area contributed by atoms with E-state index in [9.17, 15) is 4.79 Å². The maximum Gasteiger partial charge on any atom is 0.407 e. The molecule has 100 valence electrons. The molecule has 1 amide bonds. The minimum atomic E-state index is -0.425. The Morgan fingerprint density at radius 2 is 2.00 bits per heavy atom. The molecule has 2 aliphatic carbocycles. The molecule has 0 aliphatic heterocycles. The molecular weight excluding hydrogens is 226 g/mol. The summed E-state index contributed by atoms with van der Waals surface area (Å²) in [5, 5.41) is 2.98. The second-order valence-electron chi connectivity index (χ2n) is 6.41. The van der Waals surface area contributed by atoms with Crippen molar-refractivity contribution in [2.75, 3.05) is 0 Å². The summed E-state index contributed by atoms with van der Waals surface area (Å²) in [5.74, 6) is 1.16. The Bertz CT molecular complexity index is 390. The molecule has 3 heteroatoms. The number of fused-ring (bicyclic) bond motifs is 1. The number of carbonyl (C=O) groups excluding carboxylic acids is 1. The van der Waals surface area contributed by atoms with E-state index in [0.29, 0.717) is 11.8 Å². The van der Waals surface area contributed by atoms with Crippen molar-refractivity contribution in [3.05, 3.63) is 23.8 Å². The van der Waals surface area contributed by atoms with Crippen LogP contribution in [0, 0.1) is 11.8 Å². The number of allylic oxidation sites excluding steroid dienone is 4. The first-order valence-corrected chi connectivity index (χ1v) is 6.69. The van der Waals surface area contributed by atoms with Crippen LogP contribution in [0.25, 0.3) is 0 Å². The number of amides is 1. The minimum absolute atomic E-state index is 0.238. The molecule has 1 N–H and O–H groups in total. The summed E-state index contributed by atoms with van der Waals surface area (Å²) in [5.41, 5.74) is 0.903. The molecular formula is C15H23NO2. The predicted molar refractivity (Wildman–Crippen MR) is 72.3 cm³/mol. The molecule has 2 rings (SSSR count). The molecule has 0 radical (unpaired) electrons. The molecule has 1 saturated carbocycles. The van der Waals surface area contributed by atoms with Crippen molar-refractivity contribution in [2.24, 2.45) is 11.8 Å². The van der Waals surface area contributed by atoms with Crippen LogP contribution in [0.2, 0.25) is 0 Å². The number of rotatable bonds is 1. The van der Waals surface area contributed by atoms with Crippen LogP contribution >= 0.6 is 0 Å². The third-order valence-electron chi connectivity index (χ3n) is 3.47. The molecule has 3 nitrogen and oxygen atoms in total. The molecule has 0 aromatic carbocycles. The standard InChI is InChI=1S/C15H23NO2/c1-10-5-6-11-8-13(9-12(11)7-10)16-14(17)18-15(2,3)4/h5-7,11-13H,8-9H2,1-4H3,(H,16,17). The Morgan fingerprint density at radius 3 is 2.67 bits per heavy atom. The Hall–Kier alpha value is -1.25. The number of hydrogen-bond acceptors (Lipinski definition) is 2. The Kier molecular flexibility index (Phi) is 3.51. The zero-order chi connectivity index (χ0) is 13.3. The number of ether oxygens (including phenoxy) is 1. The van der Waals surface area contributed by atoms with Crippen molar-refractivity contribution in [2.45, 2.75) is 52.2 Å². The van der Waals surface area contributed by atoms with Crippen LogP contribution in [0.5, 0.6) is 0 Å². The van der Waals surface area contributed by atoms with Gasteiger partial charge in [-0.2, -0.15) is 0 Å². The Labute approximate surface area is 109 Å². The Balaban J connectivity index is 1.87. The highest BCUT2D eigenvalue weighted by molar-refractivity contribution is 5.68. The third-order valence-corrected chi connectivity index (χ3v) is 3.47. The summed E-state index contributed by atoms with van der Waals surface area (Å²) in [6, 6.07) is 0.238. The van der Waals surface area contributed by atoms with E-state index in [1.807, 2.05) is 20.8 Å². The first-order chi connectivity index (χ1) is 8.33. The van der Waals surface area contributed by atoms with Crippen molar-refractivity contribution in [3.8, 4) is 0 Å². The van der Waals surface area contributed by atoms with Gasteiger partial charge in [-0.05, 0) is 52.4 Å². The van der Waals surface area contributed by atoms with E-state index in [4.69, 9.17) is 4.74 Å². The maximum absolute atomic E-state index is 11.7. The summed E-state index contributed by atoms with van der Waals surface area (Å²) < 4.78 is 5.29. The largest absolute Gasteiger partial charge is 0.444 e. The van der Waals surface area contributed by atoms with Gasteiger partial charge in [0.15, 0.2) is 0 Å². The highest BCUT2D eigenvalue weighted by Crippen LogP contribution is 2.37. The van der Waals surface area contributed by atoms with Crippen LogP contribution in [-0.4, -0.2) is 17.7 Å². The van der Waals surface area contributed by atoms with Crippen molar-refractivity contribution in [3.63, 3.8) is 0 Å². The van der Waals surface area contributed by atoms with Gasteiger partial charge in [0.05, 0.1) is 0 Å². The Morgan fingerprint density at radius 1 is 1.33 bits per heavy atom. The number of nitrogens with one attached hydrogen (secondary N) is 1. The number of alkyl carbamates (subject to hydrolysis) is 1. The van der Waals surface area contributed by atoms with Crippen LogP contribution in [0.15, 0.2) is 23.8 Å². The number of hydrogen-bond donors (Lipinski definition) is 1. The normalized spacial score (nSPS) is 30.7. The van der Waals surface area contributed by atoms with Crippen molar-refractivity contribution < 1.29 is 9.53 Å². The third kappa shape index (κ3) is 3.37. The topological polar surface area (TPSA) is 38.3 Å². The second-order valence-corrected chi connectivity index (χ2v) is 6.41. The van der Waals surface area contributed by atoms with Gasteiger partial charge in [0.2, 0.25) is 0 Å². The lowest BCUT2D eigenvalue weighted by atomic mass is 9.89. The smallest absolute Gasteiger partial charge is 0.407 e. The first-order valence-electron chi connectivity index (χ1n) is 6.69. The summed E-state index contributed by atoms with van der Waals surface area (Å²) >= 11 is 0. The highest BCUT2D eigenvalue weighted by atomic mass is 16.6. The van der Waals surface area contributed by atoms with Gasteiger partial charge in [-0.15, -0.1) is 0 Å². The molecule has 2 aliphatic rings. The van der Waals surface area contributed by atoms with Crippen LogP contribution in [-0.2, 0) is 4.74 Å². The second kappa shape index (κ2) is 4.79. The van der Waals surface area contributed by atoms with Gasteiger partial charge in [0.1, 0.15) is 5.60 Å².